The third kappa shape index (κ3) is 5.20. The number of carbonyl (C=O) groups excluding carboxylic acids is 3. The molecule has 0 aliphatic carbocycles. The number of piperidine rings is 1. The number of urea groups is 1. The predicted octanol–water partition coefficient (Wildman–Crippen LogP) is 2.40. The molecule has 25 heavy (non-hydrogen) atoms. The Balaban J connectivity index is 1.93. The molecule has 136 valence electrons. The van der Waals surface area contributed by atoms with Gasteiger partial charge in [-0.3, -0.25) is 9.59 Å². The highest BCUT2D eigenvalue weighted by Gasteiger charge is 2.27. The van der Waals surface area contributed by atoms with Gasteiger partial charge in [-0.1, -0.05) is 20.8 Å². The van der Waals surface area contributed by atoms with Crippen molar-refractivity contribution in [1.29, 1.82) is 0 Å². The van der Waals surface area contributed by atoms with Crippen LogP contribution in [0.4, 0.5) is 16.2 Å². The van der Waals surface area contributed by atoms with E-state index < -0.39 is 11.4 Å². The molecule has 1 heterocycles. The highest BCUT2D eigenvalue weighted by molar-refractivity contribution is 5.96. The van der Waals surface area contributed by atoms with Gasteiger partial charge in [-0.2, -0.15) is 0 Å². The van der Waals surface area contributed by atoms with Crippen LogP contribution in [-0.4, -0.2) is 35.8 Å². The summed E-state index contributed by atoms with van der Waals surface area (Å²) in [5.74, 6) is -0.461. The molecular formula is C18H26N4O3. The van der Waals surface area contributed by atoms with Crippen LogP contribution in [0.5, 0.6) is 0 Å². The smallest absolute Gasteiger partial charge is 0.314 e. The summed E-state index contributed by atoms with van der Waals surface area (Å²) in [5.41, 5.74) is 6.14. The Kier molecular flexibility index (Phi) is 5.66. The molecule has 0 bridgehead atoms. The van der Waals surface area contributed by atoms with Gasteiger partial charge >= 0.3 is 6.03 Å². The molecule has 1 aliphatic heterocycles. The van der Waals surface area contributed by atoms with Crippen molar-refractivity contribution >= 4 is 29.2 Å². The summed E-state index contributed by atoms with van der Waals surface area (Å²) >= 11 is 0. The molecule has 1 atom stereocenters. The molecule has 7 heteroatoms. The van der Waals surface area contributed by atoms with Crippen molar-refractivity contribution in [3.05, 3.63) is 24.3 Å². The Morgan fingerprint density at radius 3 is 2.16 bits per heavy atom. The Labute approximate surface area is 147 Å². The first-order valence-corrected chi connectivity index (χ1v) is 8.43. The second kappa shape index (κ2) is 7.55. The van der Waals surface area contributed by atoms with Crippen LogP contribution in [0.3, 0.4) is 0 Å². The molecule has 1 fully saturated rings. The van der Waals surface area contributed by atoms with Crippen molar-refractivity contribution in [3.8, 4) is 0 Å². The quantitative estimate of drug-likeness (QED) is 0.782. The fourth-order valence-corrected chi connectivity index (χ4v) is 2.59. The van der Waals surface area contributed by atoms with Gasteiger partial charge in [0.2, 0.25) is 11.8 Å². The highest BCUT2D eigenvalue weighted by atomic mass is 16.2. The topological polar surface area (TPSA) is 105 Å². The van der Waals surface area contributed by atoms with Crippen LogP contribution in [0.1, 0.15) is 33.6 Å². The Morgan fingerprint density at radius 2 is 1.64 bits per heavy atom. The maximum absolute atomic E-state index is 12.4. The zero-order chi connectivity index (χ0) is 18.6. The van der Waals surface area contributed by atoms with Gasteiger partial charge in [-0.25, -0.2) is 4.79 Å². The number of primary amides is 1. The highest BCUT2D eigenvalue weighted by Crippen LogP contribution is 2.21. The maximum atomic E-state index is 12.4. The first kappa shape index (κ1) is 18.8. The minimum absolute atomic E-state index is 0.0713. The van der Waals surface area contributed by atoms with E-state index in [9.17, 15) is 14.4 Å². The molecule has 0 aromatic heterocycles. The molecule has 1 saturated heterocycles. The van der Waals surface area contributed by atoms with Crippen molar-refractivity contribution in [2.24, 2.45) is 17.1 Å². The number of nitrogens with two attached hydrogens (primary N) is 1. The third-order valence-electron chi connectivity index (χ3n) is 4.20. The standard InChI is InChI=1S/C18H26N4O3/c1-18(2,3)16(24)21-14-8-6-13(7-9-14)20-15(23)12-5-4-10-22(11-12)17(19)25/h6-9,12H,4-5,10-11H2,1-3H3,(H2,19,25)(H,20,23)(H,21,24)/t12-/m1/s1. The van der Waals surface area contributed by atoms with Crippen LogP contribution in [-0.2, 0) is 9.59 Å². The SMILES string of the molecule is CC(C)(C)C(=O)Nc1ccc(NC(=O)[C@@H]2CCCN(C(N)=O)C2)cc1. The second-order valence-corrected chi connectivity index (χ2v) is 7.39. The molecule has 4 N–H and O–H groups in total. The lowest BCUT2D eigenvalue weighted by Crippen LogP contribution is -2.46. The van der Waals surface area contributed by atoms with Crippen LogP contribution in [0.2, 0.25) is 0 Å². The molecule has 1 aromatic carbocycles. The van der Waals surface area contributed by atoms with Crippen LogP contribution in [0.25, 0.3) is 0 Å². The molecule has 4 amide bonds. The maximum Gasteiger partial charge on any atom is 0.314 e. The predicted molar refractivity (Wildman–Crippen MR) is 97.0 cm³/mol. The lowest BCUT2D eigenvalue weighted by molar-refractivity contribution is -0.123. The minimum atomic E-state index is -0.489. The van der Waals surface area contributed by atoms with Crippen molar-refractivity contribution in [1.82, 2.24) is 4.90 Å². The molecule has 1 aromatic rings. The van der Waals surface area contributed by atoms with Gasteiger partial charge in [0.15, 0.2) is 0 Å². The number of rotatable bonds is 3. The normalized spacial score (nSPS) is 17.7. The first-order chi connectivity index (χ1) is 11.7. The van der Waals surface area contributed by atoms with Crippen LogP contribution >= 0.6 is 0 Å². The van der Waals surface area contributed by atoms with Crippen LogP contribution in [0, 0.1) is 11.3 Å². The fraction of sp³-hybridized carbons (Fsp3) is 0.500. The van der Waals surface area contributed by atoms with Gasteiger partial charge in [0.05, 0.1) is 5.92 Å². The fourth-order valence-electron chi connectivity index (χ4n) is 2.59. The average Bonchev–Trinajstić information content (AvgIpc) is 2.55. The van der Waals surface area contributed by atoms with Gasteiger partial charge in [0.25, 0.3) is 0 Å². The Bertz CT molecular complexity index is 649. The molecule has 7 nitrogen and oxygen atoms in total. The number of carbonyl (C=O) groups is 3. The van der Waals surface area contributed by atoms with E-state index in [1.54, 1.807) is 24.3 Å². The molecule has 2 rings (SSSR count). The van der Waals surface area contributed by atoms with E-state index in [4.69, 9.17) is 5.73 Å². The lowest BCUT2D eigenvalue weighted by Gasteiger charge is -2.30. The number of anilines is 2. The largest absolute Gasteiger partial charge is 0.351 e. The lowest BCUT2D eigenvalue weighted by atomic mass is 9.95. The number of nitrogens with zero attached hydrogens (tertiary/aromatic N) is 1. The zero-order valence-electron chi connectivity index (χ0n) is 15.0. The van der Waals surface area contributed by atoms with Gasteiger partial charge in [0.1, 0.15) is 0 Å². The van der Waals surface area contributed by atoms with Gasteiger partial charge < -0.3 is 21.3 Å². The van der Waals surface area contributed by atoms with Crippen LogP contribution in [0.15, 0.2) is 24.3 Å². The molecule has 0 saturated carbocycles. The summed E-state index contributed by atoms with van der Waals surface area (Å²) in [6.07, 6.45) is 1.49. The Hall–Kier alpha value is -2.57. The number of hydrogen-bond acceptors (Lipinski definition) is 3. The van der Waals surface area contributed by atoms with E-state index >= 15 is 0 Å². The molecule has 1 aliphatic rings. The minimum Gasteiger partial charge on any atom is -0.351 e. The zero-order valence-corrected chi connectivity index (χ0v) is 15.0. The summed E-state index contributed by atoms with van der Waals surface area (Å²) in [6.45, 7) is 6.48. The number of hydrogen-bond donors (Lipinski definition) is 3. The van der Waals surface area contributed by atoms with E-state index in [1.165, 1.54) is 4.90 Å². The Morgan fingerprint density at radius 1 is 1.08 bits per heavy atom. The summed E-state index contributed by atoms with van der Waals surface area (Å²) in [6, 6.07) is 6.48. The number of nitrogens with one attached hydrogen (secondary N) is 2. The molecule has 0 radical (unpaired) electrons. The van der Waals surface area contributed by atoms with Crippen molar-refractivity contribution in [2.75, 3.05) is 23.7 Å². The van der Waals surface area contributed by atoms with E-state index in [-0.39, 0.29) is 17.7 Å². The second-order valence-electron chi connectivity index (χ2n) is 7.39. The molecular weight excluding hydrogens is 320 g/mol. The summed E-state index contributed by atoms with van der Waals surface area (Å²) in [4.78, 5) is 37.1. The monoisotopic (exact) mass is 346 g/mol. The van der Waals surface area contributed by atoms with Gasteiger partial charge in [-0.15, -0.1) is 0 Å². The third-order valence-corrected chi connectivity index (χ3v) is 4.20. The summed E-state index contributed by atoms with van der Waals surface area (Å²) in [7, 11) is 0. The summed E-state index contributed by atoms with van der Waals surface area (Å²) < 4.78 is 0. The first-order valence-electron chi connectivity index (χ1n) is 8.43. The number of amides is 4. The van der Waals surface area contributed by atoms with E-state index in [0.717, 1.165) is 12.8 Å². The van der Waals surface area contributed by atoms with E-state index in [2.05, 4.69) is 10.6 Å². The molecule has 0 spiro atoms. The molecule has 0 unspecified atom stereocenters. The summed E-state index contributed by atoms with van der Waals surface area (Å²) in [5, 5.41) is 5.69. The van der Waals surface area contributed by atoms with Crippen molar-refractivity contribution < 1.29 is 14.4 Å². The van der Waals surface area contributed by atoms with E-state index in [1.807, 2.05) is 20.8 Å². The number of likely N-dealkylation sites (tertiary alicyclic amines) is 1. The average molecular weight is 346 g/mol. The van der Waals surface area contributed by atoms with Crippen LogP contribution < -0.4 is 16.4 Å². The number of benzene rings is 1. The van der Waals surface area contributed by atoms with Crippen molar-refractivity contribution in [3.63, 3.8) is 0 Å². The van der Waals surface area contributed by atoms with Gasteiger partial charge in [-0.05, 0) is 37.1 Å². The van der Waals surface area contributed by atoms with Gasteiger partial charge in [0, 0.05) is 29.9 Å². The van der Waals surface area contributed by atoms with Crippen molar-refractivity contribution in [2.45, 2.75) is 33.6 Å². The van der Waals surface area contributed by atoms with E-state index in [0.29, 0.717) is 24.5 Å².